The van der Waals surface area contributed by atoms with Crippen LogP contribution in [-0.4, -0.2) is 41.9 Å². The van der Waals surface area contributed by atoms with Gasteiger partial charge in [0.05, 0.1) is 7.11 Å². The summed E-state index contributed by atoms with van der Waals surface area (Å²) in [5.74, 6) is 0.170. The first-order chi connectivity index (χ1) is 14.3. The summed E-state index contributed by atoms with van der Waals surface area (Å²) in [5, 5.41) is 0.496. The average Bonchev–Trinajstić information content (AvgIpc) is 2.73. The van der Waals surface area contributed by atoms with Gasteiger partial charge in [0.1, 0.15) is 16.4 Å². The molecule has 1 aliphatic heterocycles. The molecule has 1 saturated heterocycles. The van der Waals surface area contributed by atoms with Gasteiger partial charge in [-0.2, -0.15) is 8.78 Å². The third-order valence-electron chi connectivity index (χ3n) is 5.14. The first kappa shape index (κ1) is 22.7. The van der Waals surface area contributed by atoms with E-state index in [0.29, 0.717) is 36.8 Å². The van der Waals surface area contributed by atoms with E-state index in [4.69, 9.17) is 21.1 Å². The molecule has 1 fully saturated rings. The van der Waals surface area contributed by atoms with Crippen molar-refractivity contribution >= 4 is 21.6 Å². The summed E-state index contributed by atoms with van der Waals surface area (Å²) in [6.07, 6.45) is 1.06. The Hall–Kier alpha value is -1.94. The SMILES string of the molecule is COc1ccc(Cl)cc1C1(CNS(=O)(=O)c2ccccc2OC(F)F)CCOCC1. The van der Waals surface area contributed by atoms with E-state index in [0.717, 1.165) is 5.56 Å². The van der Waals surface area contributed by atoms with Crippen molar-refractivity contribution < 1.29 is 31.4 Å². The van der Waals surface area contributed by atoms with Crippen LogP contribution in [0.1, 0.15) is 18.4 Å². The van der Waals surface area contributed by atoms with E-state index in [1.165, 1.54) is 31.4 Å². The second-order valence-corrected chi connectivity index (χ2v) is 9.06. The smallest absolute Gasteiger partial charge is 0.387 e. The number of para-hydroxylation sites is 1. The molecule has 3 rings (SSSR count). The highest BCUT2D eigenvalue weighted by atomic mass is 35.5. The second-order valence-electron chi connectivity index (χ2n) is 6.89. The molecule has 10 heteroatoms. The van der Waals surface area contributed by atoms with E-state index < -0.39 is 27.8 Å². The highest BCUT2D eigenvalue weighted by molar-refractivity contribution is 7.89. The van der Waals surface area contributed by atoms with Crippen LogP contribution in [-0.2, 0) is 20.2 Å². The maximum atomic E-state index is 12.9. The number of hydrogen-bond donors (Lipinski definition) is 1. The first-order valence-electron chi connectivity index (χ1n) is 9.23. The van der Waals surface area contributed by atoms with Gasteiger partial charge in [-0.3, -0.25) is 0 Å². The molecule has 0 amide bonds. The molecule has 164 valence electrons. The lowest BCUT2D eigenvalue weighted by Gasteiger charge is -2.38. The predicted octanol–water partition coefficient (Wildman–Crippen LogP) is 3.98. The molecule has 0 bridgehead atoms. The summed E-state index contributed by atoms with van der Waals surface area (Å²) in [6, 6.07) is 10.5. The van der Waals surface area contributed by atoms with E-state index in [2.05, 4.69) is 9.46 Å². The number of ether oxygens (including phenoxy) is 3. The monoisotopic (exact) mass is 461 g/mol. The van der Waals surface area contributed by atoms with Crippen molar-refractivity contribution in [1.82, 2.24) is 4.72 Å². The first-order valence-corrected chi connectivity index (χ1v) is 11.1. The molecular weight excluding hydrogens is 440 g/mol. The van der Waals surface area contributed by atoms with Crippen LogP contribution in [0, 0.1) is 0 Å². The quantitative estimate of drug-likeness (QED) is 0.643. The van der Waals surface area contributed by atoms with Crippen molar-refractivity contribution in [2.24, 2.45) is 0 Å². The minimum Gasteiger partial charge on any atom is -0.496 e. The summed E-state index contributed by atoms with van der Waals surface area (Å²) in [4.78, 5) is -0.356. The number of hydrogen-bond acceptors (Lipinski definition) is 5. The zero-order valence-electron chi connectivity index (χ0n) is 16.2. The minimum absolute atomic E-state index is 0.0123. The Kier molecular flexibility index (Phi) is 7.18. The van der Waals surface area contributed by atoms with Crippen LogP contribution < -0.4 is 14.2 Å². The zero-order chi connectivity index (χ0) is 21.8. The molecule has 1 aliphatic rings. The second kappa shape index (κ2) is 9.47. The lowest BCUT2D eigenvalue weighted by molar-refractivity contribution is -0.0517. The van der Waals surface area contributed by atoms with Gasteiger partial charge in [0.25, 0.3) is 0 Å². The number of alkyl halides is 2. The minimum atomic E-state index is -4.13. The van der Waals surface area contributed by atoms with Crippen molar-refractivity contribution in [1.29, 1.82) is 0 Å². The third-order valence-corrected chi connectivity index (χ3v) is 6.81. The Morgan fingerprint density at radius 2 is 1.87 bits per heavy atom. The molecule has 2 aromatic rings. The number of nitrogens with one attached hydrogen (secondary N) is 1. The predicted molar refractivity (Wildman–Crippen MR) is 108 cm³/mol. The summed E-state index contributed by atoms with van der Waals surface area (Å²) in [5.41, 5.74) is 0.126. The molecular formula is C20H22ClF2NO5S. The lowest BCUT2D eigenvalue weighted by atomic mass is 9.74. The van der Waals surface area contributed by atoms with E-state index in [1.807, 2.05) is 0 Å². The Bertz CT molecular complexity index is 981. The van der Waals surface area contributed by atoms with Crippen LogP contribution in [0.2, 0.25) is 5.02 Å². The molecule has 1 N–H and O–H groups in total. The van der Waals surface area contributed by atoms with Crippen molar-refractivity contribution in [2.75, 3.05) is 26.9 Å². The molecule has 1 heterocycles. The van der Waals surface area contributed by atoms with Gasteiger partial charge in [-0.1, -0.05) is 23.7 Å². The van der Waals surface area contributed by atoms with Crippen LogP contribution >= 0.6 is 11.6 Å². The molecule has 0 unspecified atom stereocenters. The largest absolute Gasteiger partial charge is 0.496 e. The normalized spacial score (nSPS) is 16.4. The van der Waals surface area contributed by atoms with Gasteiger partial charge in [-0.05, 0) is 43.2 Å². The van der Waals surface area contributed by atoms with Crippen molar-refractivity contribution in [3.05, 3.63) is 53.1 Å². The van der Waals surface area contributed by atoms with Crippen molar-refractivity contribution in [3.8, 4) is 11.5 Å². The summed E-state index contributed by atoms with van der Waals surface area (Å²) >= 11 is 6.20. The Balaban J connectivity index is 1.94. The summed E-state index contributed by atoms with van der Waals surface area (Å²) in [6.45, 7) is -2.26. The molecule has 0 saturated carbocycles. The Morgan fingerprint density at radius 1 is 1.17 bits per heavy atom. The molecule has 2 aromatic carbocycles. The van der Waals surface area contributed by atoms with Gasteiger partial charge in [-0.25, -0.2) is 13.1 Å². The lowest BCUT2D eigenvalue weighted by Crippen LogP contribution is -2.44. The third kappa shape index (κ3) is 5.03. The fourth-order valence-electron chi connectivity index (χ4n) is 3.57. The average molecular weight is 462 g/mol. The molecule has 0 aliphatic carbocycles. The van der Waals surface area contributed by atoms with Gasteiger partial charge in [0.15, 0.2) is 0 Å². The van der Waals surface area contributed by atoms with Crippen molar-refractivity contribution in [2.45, 2.75) is 29.8 Å². The molecule has 0 aromatic heterocycles. The number of rotatable bonds is 8. The molecule has 0 spiro atoms. The van der Waals surface area contributed by atoms with E-state index >= 15 is 0 Å². The fourth-order valence-corrected chi connectivity index (χ4v) is 5.01. The molecule has 30 heavy (non-hydrogen) atoms. The van der Waals surface area contributed by atoms with Crippen LogP contribution in [0.5, 0.6) is 11.5 Å². The van der Waals surface area contributed by atoms with E-state index in [-0.39, 0.29) is 11.4 Å². The number of sulfonamides is 1. The number of methoxy groups -OCH3 is 1. The van der Waals surface area contributed by atoms with Gasteiger partial charge in [-0.15, -0.1) is 0 Å². The topological polar surface area (TPSA) is 73.9 Å². The fraction of sp³-hybridized carbons (Fsp3) is 0.400. The molecule has 6 nitrogen and oxygen atoms in total. The van der Waals surface area contributed by atoms with Crippen molar-refractivity contribution in [3.63, 3.8) is 0 Å². The Labute approximate surface area is 179 Å². The Morgan fingerprint density at radius 3 is 2.53 bits per heavy atom. The van der Waals surface area contributed by atoms with E-state index in [1.54, 1.807) is 18.2 Å². The highest BCUT2D eigenvalue weighted by Crippen LogP contribution is 2.41. The van der Waals surface area contributed by atoms with Gasteiger partial charge in [0.2, 0.25) is 10.0 Å². The summed E-state index contributed by atoms with van der Waals surface area (Å²) < 4.78 is 69.2. The number of benzene rings is 2. The summed E-state index contributed by atoms with van der Waals surface area (Å²) in [7, 11) is -2.61. The standard InChI is InChI=1S/C20H22ClF2NO5S/c1-27-16-7-6-14(21)12-15(16)20(8-10-28-11-9-20)13-24-30(25,26)18-5-3-2-4-17(18)29-19(22)23/h2-7,12,19,24H,8-11,13H2,1H3. The van der Waals surface area contributed by atoms with Gasteiger partial charge >= 0.3 is 6.61 Å². The van der Waals surface area contributed by atoms with Gasteiger partial charge in [0, 0.05) is 35.8 Å². The van der Waals surface area contributed by atoms with E-state index in [9.17, 15) is 17.2 Å². The van der Waals surface area contributed by atoms with Crippen LogP contribution in [0.3, 0.4) is 0 Å². The maximum Gasteiger partial charge on any atom is 0.387 e. The number of halogens is 3. The van der Waals surface area contributed by atoms with Crippen LogP contribution in [0.15, 0.2) is 47.4 Å². The maximum absolute atomic E-state index is 12.9. The highest BCUT2D eigenvalue weighted by Gasteiger charge is 2.38. The van der Waals surface area contributed by atoms with Crippen LogP contribution in [0.25, 0.3) is 0 Å². The molecule has 0 radical (unpaired) electrons. The molecule has 0 atom stereocenters. The zero-order valence-corrected chi connectivity index (χ0v) is 17.8. The van der Waals surface area contributed by atoms with Crippen LogP contribution in [0.4, 0.5) is 8.78 Å². The van der Waals surface area contributed by atoms with Gasteiger partial charge < -0.3 is 14.2 Å².